The molecule has 7 heteroatoms. The molecule has 2 aromatic heterocycles. The van der Waals surface area contributed by atoms with E-state index in [4.69, 9.17) is 16.7 Å². The van der Waals surface area contributed by atoms with Crippen molar-refractivity contribution in [1.82, 2.24) is 14.8 Å². The Morgan fingerprint density at radius 2 is 2.39 bits per heavy atom. The lowest BCUT2D eigenvalue weighted by molar-refractivity contribution is 0.0697. The predicted molar refractivity (Wildman–Crippen MR) is 66.7 cm³/mol. The molecule has 0 saturated heterocycles. The fourth-order valence-electron chi connectivity index (χ4n) is 1.46. The number of carboxylic acid groups (broad SMARTS) is 1. The van der Waals surface area contributed by atoms with Crippen molar-refractivity contribution < 1.29 is 9.90 Å². The number of aromatic carboxylic acids is 1. The minimum atomic E-state index is -1.08. The molecular weight excluding hydrogens is 256 g/mol. The maximum atomic E-state index is 10.9. The summed E-state index contributed by atoms with van der Waals surface area (Å²) < 4.78 is 1.72. The number of halogens is 1. The number of anilines is 1. The SMILES string of the molecule is Cn1nccc1CNc1cc(C(=O)O)c(Cl)cn1. The Morgan fingerprint density at radius 3 is 3.00 bits per heavy atom. The van der Waals surface area contributed by atoms with Crippen LogP contribution in [0.5, 0.6) is 0 Å². The number of rotatable bonds is 4. The highest BCUT2D eigenvalue weighted by atomic mass is 35.5. The van der Waals surface area contributed by atoms with E-state index in [0.29, 0.717) is 12.4 Å². The first-order valence-electron chi connectivity index (χ1n) is 5.17. The van der Waals surface area contributed by atoms with Gasteiger partial charge in [0.25, 0.3) is 0 Å². The van der Waals surface area contributed by atoms with E-state index in [0.717, 1.165) is 5.69 Å². The van der Waals surface area contributed by atoms with Crippen molar-refractivity contribution in [1.29, 1.82) is 0 Å². The Labute approximate surface area is 108 Å². The van der Waals surface area contributed by atoms with Gasteiger partial charge in [-0.25, -0.2) is 9.78 Å². The number of aromatic nitrogens is 3. The molecule has 18 heavy (non-hydrogen) atoms. The third kappa shape index (κ3) is 2.60. The quantitative estimate of drug-likeness (QED) is 0.882. The molecule has 0 bridgehead atoms. The average molecular weight is 267 g/mol. The van der Waals surface area contributed by atoms with E-state index in [9.17, 15) is 4.79 Å². The van der Waals surface area contributed by atoms with Crippen LogP contribution < -0.4 is 5.32 Å². The molecule has 2 heterocycles. The van der Waals surface area contributed by atoms with Gasteiger partial charge in [0, 0.05) is 19.4 Å². The molecule has 0 aliphatic heterocycles. The van der Waals surface area contributed by atoms with E-state index in [1.54, 1.807) is 10.9 Å². The average Bonchev–Trinajstić information content (AvgIpc) is 2.73. The number of nitrogens with zero attached hydrogens (tertiary/aromatic N) is 3. The Bertz CT molecular complexity index is 582. The van der Waals surface area contributed by atoms with Gasteiger partial charge in [-0.2, -0.15) is 5.10 Å². The molecule has 0 aliphatic carbocycles. The lowest BCUT2D eigenvalue weighted by Gasteiger charge is -2.07. The van der Waals surface area contributed by atoms with E-state index >= 15 is 0 Å². The maximum absolute atomic E-state index is 10.9. The van der Waals surface area contributed by atoms with Crippen LogP contribution in [0.15, 0.2) is 24.5 Å². The molecule has 6 nitrogen and oxygen atoms in total. The van der Waals surface area contributed by atoms with Crippen LogP contribution in [-0.4, -0.2) is 25.8 Å². The van der Waals surface area contributed by atoms with Gasteiger partial charge in [-0.15, -0.1) is 0 Å². The number of carbonyl (C=O) groups is 1. The molecule has 2 aromatic rings. The number of aryl methyl sites for hydroxylation is 1. The number of nitrogens with one attached hydrogen (secondary N) is 1. The fraction of sp³-hybridized carbons (Fsp3) is 0.182. The van der Waals surface area contributed by atoms with Gasteiger partial charge in [0.05, 0.1) is 22.8 Å². The fourth-order valence-corrected chi connectivity index (χ4v) is 1.64. The summed E-state index contributed by atoms with van der Waals surface area (Å²) in [5.74, 6) is -0.621. The number of hydrogen-bond donors (Lipinski definition) is 2. The molecule has 0 aliphatic rings. The van der Waals surface area contributed by atoms with Crippen LogP contribution in [0.4, 0.5) is 5.82 Å². The van der Waals surface area contributed by atoms with Gasteiger partial charge < -0.3 is 10.4 Å². The first-order valence-corrected chi connectivity index (χ1v) is 5.55. The molecule has 2 rings (SSSR count). The second kappa shape index (κ2) is 5.05. The lowest BCUT2D eigenvalue weighted by atomic mass is 10.2. The zero-order chi connectivity index (χ0) is 13.1. The molecule has 0 aromatic carbocycles. The Morgan fingerprint density at radius 1 is 1.61 bits per heavy atom. The van der Waals surface area contributed by atoms with Crippen molar-refractivity contribution in [3.8, 4) is 0 Å². The summed E-state index contributed by atoms with van der Waals surface area (Å²) in [7, 11) is 1.83. The monoisotopic (exact) mass is 266 g/mol. The highest BCUT2D eigenvalue weighted by molar-refractivity contribution is 6.33. The van der Waals surface area contributed by atoms with Gasteiger partial charge in [-0.05, 0) is 12.1 Å². The highest BCUT2D eigenvalue weighted by Crippen LogP contribution is 2.18. The van der Waals surface area contributed by atoms with Crippen LogP contribution in [0.2, 0.25) is 5.02 Å². The van der Waals surface area contributed by atoms with Crippen LogP contribution in [-0.2, 0) is 13.6 Å². The van der Waals surface area contributed by atoms with Crippen LogP contribution in [0.3, 0.4) is 0 Å². The molecule has 0 unspecified atom stereocenters. The third-order valence-corrected chi connectivity index (χ3v) is 2.76. The van der Waals surface area contributed by atoms with Crippen molar-refractivity contribution >= 4 is 23.4 Å². The summed E-state index contributed by atoms with van der Waals surface area (Å²) in [6.07, 6.45) is 3.01. The van der Waals surface area contributed by atoms with Crippen molar-refractivity contribution in [2.45, 2.75) is 6.54 Å². The number of pyridine rings is 1. The van der Waals surface area contributed by atoms with Crippen LogP contribution in [0, 0.1) is 0 Å². The van der Waals surface area contributed by atoms with E-state index in [-0.39, 0.29) is 10.6 Å². The van der Waals surface area contributed by atoms with Gasteiger partial charge in [0.15, 0.2) is 0 Å². The molecule has 0 fully saturated rings. The standard InChI is InChI=1S/C11H11ClN4O2/c1-16-7(2-3-15-16)5-13-10-4-8(11(17)18)9(12)6-14-10/h2-4,6H,5H2,1H3,(H,13,14)(H,17,18). The van der Waals surface area contributed by atoms with Crippen molar-refractivity contribution in [2.24, 2.45) is 7.05 Å². The second-order valence-electron chi connectivity index (χ2n) is 3.65. The van der Waals surface area contributed by atoms with Gasteiger partial charge in [-0.1, -0.05) is 11.6 Å². The summed E-state index contributed by atoms with van der Waals surface area (Å²) in [4.78, 5) is 14.9. The molecular formula is C11H11ClN4O2. The molecule has 0 spiro atoms. The normalized spacial score (nSPS) is 10.3. The largest absolute Gasteiger partial charge is 0.478 e. The first-order chi connectivity index (χ1) is 8.58. The van der Waals surface area contributed by atoms with Crippen LogP contribution >= 0.6 is 11.6 Å². The number of hydrogen-bond acceptors (Lipinski definition) is 4. The Hall–Kier alpha value is -2.08. The lowest BCUT2D eigenvalue weighted by Crippen LogP contribution is -2.07. The summed E-state index contributed by atoms with van der Waals surface area (Å²) >= 11 is 5.73. The Balaban J connectivity index is 2.13. The van der Waals surface area contributed by atoms with Crippen molar-refractivity contribution in [3.05, 3.63) is 40.8 Å². The molecule has 0 atom stereocenters. The van der Waals surface area contributed by atoms with Crippen molar-refractivity contribution in [2.75, 3.05) is 5.32 Å². The van der Waals surface area contributed by atoms with Gasteiger partial charge in [0.2, 0.25) is 0 Å². The van der Waals surface area contributed by atoms with Crippen LogP contribution in [0.1, 0.15) is 16.1 Å². The predicted octanol–water partition coefficient (Wildman–Crippen LogP) is 1.78. The molecule has 0 amide bonds. The third-order valence-electron chi connectivity index (χ3n) is 2.46. The topological polar surface area (TPSA) is 80.0 Å². The zero-order valence-electron chi connectivity index (χ0n) is 9.59. The van der Waals surface area contributed by atoms with Gasteiger partial charge >= 0.3 is 5.97 Å². The number of carboxylic acids is 1. The summed E-state index contributed by atoms with van der Waals surface area (Å²) in [6, 6.07) is 3.27. The van der Waals surface area contributed by atoms with Gasteiger partial charge in [0.1, 0.15) is 5.82 Å². The molecule has 94 valence electrons. The minimum absolute atomic E-state index is 0.0270. The highest BCUT2D eigenvalue weighted by Gasteiger charge is 2.10. The van der Waals surface area contributed by atoms with E-state index in [2.05, 4.69) is 15.4 Å². The molecule has 2 N–H and O–H groups in total. The molecule has 0 radical (unpaired) electrons. The molecule has 0 saturated carbocycles. The smallest absolute Gasteiger partial charge is 0.337 e. The summed E-state index contributed by atoms with van der Waals surface area (Å²) in [5, 5.41) is 16.1. The van der Waals surface area contributed by atoms with Crippen molar-refractivity contribution in [3.63, 3.8) is 0 Å². The van der Waals surface area contributed by atoms with E-state index in [1.807, 2.05) is 13.1 Å². The summed E-state index contributed by atoms with van der Waals surface area (Å²) in [6.45, 7) is 0.504. The Kier molecular flexibility index (Phi) is 3.47. The second-order valence-corrected chi connectivity index (χ2v) is 4.06. The summed E-state index contributed by atoms with van der Waals surface area (Å²) in [5.41, 5.74) is 0.989. The van der Waals surface area contributed by atoms with Crippen LogP contribution in [0.25, 0.3) is 0 Å². The first kappa shape index (κ1) is 12.4. The zero-order valence-corrected chi connectivity index (χ0v) is 10.3. The maximum Gasteiger partial charge on any atom is 0.337 e. The minimum Gasteiger partial charge on any atom is -0.478 e. The van der Waals surface area contributed by atoms with E-state index in [1.165, 1.54) is 12.3 Å². The van der Waals surface area contributed by atoms with Gasteiger partial charge in [-0.3, -0.25) is 4.68 Å². The van der Waals surface area contributed by atoms with E-state index < -0.39 is 5.97 Å².